The van der Waals surface area contributed by atoms with Crippen LogP contribution < -0.4 is 0 Å². The van der Waals surface area contributed by atoms with Gasteiger partial charge in [-0.05, 0) is 30.0 Å². The molecule has 0 atom stereocenters. The lowest BCUT2D eigenvalue weighted by atomic mass is 10.1. The predicted octanol–water partition coefficient (Wildman–Crippen LogP) is 3.36. The van der Waals surface area contributed by atoms with Crippen LogP contribution in [0, 0.1) is 6.92 Å². The Labute approximate surface area is 85.6 Å². The van der Waals surface area contributed by atoms with Crippen molar-refractivity contribution in [3.05, 3.63) is 33.7 Å². The third kappa shape index (κ3) is 1.46. The van der Waals surface area contributed by atoms with E-state index in [4.69, 9.17) is 16.7 Å². The van der Waals surface area contributed by atoms with Gasteiger partial charge in [-0.2, -0.15) is 0 Å². The second-order valence-electron chi connectivity index (χ2n) is 2.95. The van der Waals surface area contributed by atoms with Crippen LogP contribution in [0.15, 0.2) is 18.2 Å². The van der Waals surface area contributed by atoms with E-state index in [0.717, 1.165) is 14.6 Å². The van der Waals surface area contributed by atoms with Gasteiger partial charge in [0.1, 0.15) is 0 Å². The van der Waals surface area contributed by atoms with Crippen molar-refractivity contribution in [3.8, 4) is 0 Å². The molecule has 0 aliphatic rings. The average Bonchev–Trinajstić information content (AvgIpc) is 2.42. The zero-order valence-electron chi connectivity index (χ0n) is 7.17. The van der Waals surface area contributed by atoms with E-state index >= 15 is 0 Å². The summed E-state index contributed by atoms with van der Waals surface area (Å²) in [5.41, 5.74) is 1.17. The van der Waals surface area contributed by atoms with Crippen molar-refractivity contribution in [1.29, 1.82) is 0 Å². The molecule has 1 N–H and O–H groups in total. The molecule has 1 aromatic heterocycles. The van der Waals surface area contributed by atoms with E-state index in [-0.39, 0.29) is 6.61 Å². The number of rotatable bonds is 1. The SMILES string of the molecule is Cc1c(CO)sc2cc(Cl)ccc12. The van der Waals surface area contributed by atoms with Crippen molar-refractivity contribution in [2.45, 2.75) is 13.5 Å². The molecule has 2 rings (SSSR count). The van der Waals surface area contributed by atoms with E-state index in [9.17, 15) is 0 Å². The van der Waals surface area contributed by atoms with Crippen LogP contribution in [-0.2, 0) is 6.61 Å². The number of halogens is 1. The first-order chi connectivity index (χ1) is 6.22. The molecule has 3 heteroatoms. The molecule has 0 saturated carbocycles. The van der Waals surface area contributed by atoms with Crippen molar-refractivity contribution >= 4 is 33.0 Å². The third-order valence-electron chi connectivity index (χ3n) is 2.14. The molecule has 0 saturated heterocycles. The van der Waals surface area contributed by atoms with Gasteiger partial charge < -0.3 is 5.11 Å². The molecule has 1 heterocycles. The molecule has 2 aromatic rings. The van der Waals surface area contributed by atoms with Gasteiger partial charge in [0.2, 0.25) is 0 Å². The van der Waals surface area contributed by atoms with Crippen LogP contribution >= 0.6 is 22.9 Å². The summed E-state index contributed by atoms with van der Waals surface area (Å²) < 4.78 is 1.15. The molecule has 0 unspecified atom stereocenters. The molecule has 13 heavy (non-hydrogen) atoms. The predicted molar refractivity (Wildman–Crippen MR) is 57.5 cm³/mol. The molecule has 0 bridgehead atoms. The average molecular weight is 213 g/mol. The number of aliphatic hydroxyl groups excluding tert-OH is 1. The molecule has 1 aromatic carbocycles. The number of fused-ring (bicyclic) bond motifs is 1. The second-order valence-corrected chi connectivity index (χ2v) is 4.52. The van der Waals surface area contributed by atoms with E-state index in [2.05, 4.69) is 0 Å². The molecule has 1 nitrogen and oxygen atoms in total. The van der Waals surface area contributed by atoms with Gasteiger partial charge in [0.15, 0.2) is 0 Å². The van der Waals surface area contributed by atoms with Crippen LogP contribution in [0.25, 0.3) is 10.1 Å². The molecular formula is C10H9ClOS. The van der Waals surface area contributed by atoms with Crippen LogP contribution in [-0.4, -0.2) is 5.11 Å². The lowest BCUT2D eigenvalue weighted by Crippen LogP contribution is -1.78. The van der Waals surface area contributed by atoms with Crippen LogP contribution in [0.2, 0.25) is 5.02 Å². The van der Waals surface area contributed by atoms with Gasteiger partial charge in [-0.1, -0.05) is 17.7 Å². The normalized spacial score (nSPS) is 11.0. The quantitative estimate of drug-likeness (QED) is 0.769. The first-order valence-electron chi connectivity index (χ1n) is 4.01. The Kier molecular flexibility index (Phi) is 2.28. The van der Waals surface area contributed by atoms with Crippen molar-refractivity contribution < 1.29 is 5.11 Å². The maximum atomic E-state index is 9.07. The summed E-state index contributed by atoms with van der Waals surface area (Å²) in [6.45, 7) is 2.14. The topological polar surface area (TPSA) is 20.2 Å². The Morgan fingerprint density at radius 1 is 1.46 bits per heavy atom. The monoisotopic (exact) mass is 212 g/mol. The maximum Gasteiger partial charge on any atom is 0.0777 e. The summed E-state index contributed by atoms with van der Waals surface area (Å²) in [6.07, 6.45) is 0. The van der Waals surface area contributed by atoms with Gasteiger partial charge in [-0.3, -0.25) is 0 Å². The van der Waals surface area contributed by atoms with Crippen LogP contribution in [0.1, 0.15) is 10.4 Å². The van der Waals surface area contributed by atoms with E-state index in [1.54, 1.807) is 11.3 Å². The van der Waals surface area contributed by atoms with E-state index < -0.39 is 0 Å². The first kappa shape index (κ1) is 9.00. The van der Waals surface area contributed by atoms with E-state index in [1.807, 2.05) is 25.1 Å². The molecule has 0 aliphatic heterocycles. The highest BCUT2D eigenvalue weighted by atomic mass is 35.5. The highest BCUT2D eigenvalue weighted by molar-refractivity contribution is 7.19. The summed E-state index contributed by atoms with van der Waals surface area (Å²) in [4.78, 5) is 1.03. The fraction of sp³-hybridized carbons (Fsp3) is 0.200. The fourth-order valence-electron chi connectivity index (χ4n) is 1.40. The van der Waals surface area contributed by atoms with Crippen LogP contribution in [0.5, 0.6) is 0 Å². The molecule has 68 valence electrons. The molecule has 0 aliphatic carbocycles. The largest absolute Gasteiger partial charge is 0.391 e. The van der Waals surface area contributed by atoms with Crippen LogP contribution in [0.4, 0.5) is 0 Å². The summed E-state index contributed by atoms with van der Waals surface area (Å²) in [5, 5.41) is 11.0. The van der Waals surface area contributed by atoms with Gasteiger partial charge in [0.25, 0.3) is 0 Å². The van der Waals surface area contributed by atoms with Gasteiger partial charge in [-0.25, -0.2) is 0 Å². The number of aryl methyl sites for hydroxylation is 1. The molecule has 0 fully saturated rings. The van der Waals surface area contributed by atoms with Crippen molar-refractivity contribution in [2.75, 3.05) is 0 Å². The van der Waals surface area contributed by atoms with Gasteiger partial charge >= 0.3 is 0 Å². The zero-order chi connectivity index (χ0) is 9.42. The van der Waals surface area contributed by atoms with Crippen LogP contribution in [0.3, 0.4) is 0 Å². The molecule has 0 spiro atoms. The minimum absolute atomic E-state index is 0.114. The Balaban J connectivity index is 2.76. The lowest BCUT2D eigenvalue weighted by Gasteiger charge is -1.92. The van der Waals surface area contributed by atoms with Gasteiger partial charge in [0.05, 0.1) is 6.61 Å². The Bertz CT molecular complexity index is 447. The minimum Gasteiger partial charge on any atom is -0.391 e. The number of benzene rings is 1. The molecule has 0 amide bonds. The minimum atomic E-state index is 0.114. The summed E-state index contributed by atoms with van der Waals surface area (Å²) in [6, 6.07) is 5.82. The van der Waals surface area contributed by atoms with Gasteiger partial charge in [0, 0.05) is 14.6 Å². The van der Waals surface area contributed by atoms with Crippen molar-refractivity contribution in [1.82, 2.24) is 0 Å². The maximum absolute atomic E-state index is 9.07. The van der Waals surface area contributed by atoms with E-state index in [1.165, 1.54) is 10.9 Å². The first-order valence-corrected chi connectivity index (χ1v) is 5.20. The number of aliphatic hydroxyl groups is 1. The standard InChI is InChI=1S/C10H9ClOS/c1-6-8-3-2-7(11)4-9(8)13-10(6)5-12/h2-4,12H,5H2,1H3. The fourth-order valence-corrected chi connectivity index (χ4v) is 2.75. The number of thiophene rings is 1. The number of hydrogen-bond donors (Lipinski definition) is 1. The smallest absolute Gasteiger partial charge is 0.0777 e. The third-order valence-corrected chi connectivity index (χ3v) is 3.62. The summed E-state index contributed by atoms with van der Waals surface area (Å²) >= 11 is 7.47. The molecule has 0 radical (unpaired) electrons. The Hall–Kier alpha value is -0.570. The van der Waals surface area contributed by atoms with E-state index in [0.29, 0.717) is 0 Å². The Morgan fingerprint density at radius 3 is 2.92 bits per heavy atom. The highest BCUT2D eigenvalue weighted by Gasteiger charge is 2.06. The summed E-state index contributed by atoms with van der Waals surface area (Å²) in [7, 11) is 0. The van der Waals surface area contributed by atoms with Crippen molar-refractivity contribution in [2.24, 2.45) is 0 Å². The Morgan fingerprint density at radius 2 is 2.23 bits per heavy atom. The number of hydrogen-bond acceptors (Lipinski definition) is 2. The lowest BCUT2D eigenvalue weighted by molar-refractivity contribution is 0.285. The highest BCUT2D eigenvalue weighted by Crippen LogP contribution is 2.32. The van der Waals surface area contributed by atoms with Crippen molar-refractivity contribution in [3.63, 3.8) is 0 Å². The second kappa shape index (κ2) is 3.29. The zero-order valence-corrected chi connectivity index (χ0v) is 8.75. The molecular weight excluding hydrogens is 204 g/mol. The van der Waals surface area contributed by atoms with Gasteiger partial charge in [-0.15, -0.1) is 11.3 Å². The summed E-state index contributed by atoms with van der Waals surface area (Å²) in [5.74, 6) is 0.